The summed E-state index contributed by atoms with van der Waals surface area (Å²) in [5, 5.41) is 56.8. The van der Waals surface area contributed by atoms with Gasteiger partial charge in [0, 0.05) is 6.42 Å². The zero-order chi connectivity index (χ0) is 54.7. The molecular formula is C64H109NO10. The number of esters is 1. The normalized spacial score (nSPS) is 19.9. The van der Waals surface area contributed by atoms with Gasteiger partial charge in [0.2, 0.25) is 5.91 Å². The highest BCUT2D eigenvalue weighted by molar-refractivity contribution is 5.80. The van der Waals surface area contributed by atoms with Crippen LogP contribution in [0.5, 0.6) is 0 Å². The second-order valence-electron chi connectivity index (χ2n) is 20.4. The molecule has 8 unspecified atom stereocenters. The number of rotatable bonds is 49. The minimum absolute atomic E-state index is 0.0961. The molecule has 1 amide bonds. The fraction of sp³-hybridized carbons (Fsp3) is 0.719. The van der Waals surface area contributed by atoms with Crippen LogP contribution in [0.4, 0.5) is 0 Å². The van der Waals surface area contributed by atoms with E-state index in [1.54, 1.807) is 6.08 Å². The molecule has 0 bridgehead atoms. The largest absolute Gasteiger partial charge is 0.454 e. The second kappa shape index (κ2) is 51.3. The molecule has 1 aliphatic heterocycles. The monoisotopic (exact) mass is 1050 g/mol. The summed E-state index contributed by atoms with van der Waals surface area (Å²) in [5.74, 6) is -1.23. The summed E-state index contributed by atoms with van der Waals surface area (Å²) in [4.78, 5) is 26.5. The fourth-order valence-electron chi connectivity index (χ4n) is 8.75. The number of hydrogen-bond acceptors (Lipinski definition) is 10. The first-order valence-corrected chi connectivity index (χ1v) is 30.0. The molecule has 11 nitrogen and oxygen atoms in total. The molecule has 6 N–H and O–H groups in total. The Morgan fingerprint density at radius 2 is 1.01 bits per heavy atom. The maximum absolute atomic E-state index is 13.4. The van der Waals surface area contributed by atoms with Crippen LogP contribution in [0.3, 0.4) is 0 Å². The summed E-state index contributed by atoms with van der Waals surface area (Å²) in [7, 11) is 0. The maximum Gasteiger partial charge on any atom is 0.306 e. The molecule has 0 aromatic rings. The molecule has 1 fully saturated rings. The topological polar surface area (TPSA) is 175 Å². The number of aliphatic hydroxyl groups is 5. The fourth-order valence-corrected chi connectivity index (χ4v) is 8.75. The lowest BCUT2D eigenvalue weighted by atomic mass is 9.99. The summed E-state index contributed by atoms with van der Waals surface area (Å²) in [5.41, 5.74) is 0. The molecule has 430 valence electrons. The highest BCUT2D eigenvalue weighted by Crippen LogP contribution is 2.26. The molecule has 11 heteroatoms. The standard InChI is InChI=1S/C64H109NO10/c1-4-7-10-13-16-19-22-24-26-27-28-29-30-31-32-34-37-40-43-46-49-52-59(69)75-62-61(71)60(70)58(53-66)74-64(62)73-54-55(56(67)50-47-44-41-38-35-21-18-15-12-9-6-3)65-63(72)57(68)51-48-45-42-39-36-33-25-23-20-17-14-11-8-5-2/h8,11,14,16-17,19-20,23-24,26,28-29,31-32,47,50,55-58,60-62,64,66-68,70-71H,4-7,9-10,12-13,15,18,21-22,25,27,30,33-46,48-49,51-54H2,1-3H3,(H,65,72)/b11-8+,17-14+,19-16-,23-20+,26-24-,29-28-,32-31-,50-47+. The SMILES string of the molecule is CC/C=C/C=C/C=C/CCCCCCCCC(O)C(=O)NC(COC1OC(CO)C(O)C(O)C1OC(=O)CCCCCCC/C=C\C/C=C\C/C=C\C/C=C\CCCCC)C(O)/C=C/CCCCCCCCCCC. The Labute approximate surface area is 456 Å². The summed E-state index contributed by atoms with van der Waals surface area (Å²) in [6.45, 7) is 5.59. The van der Waals surface area contributed by atoms with Gasteiger partial charge in [-0.2, -0.15) is 0 Å². The quantitative estimate of drug-likeness (QED) is 0.0149. The van der Waals surface area contributed by atoms with E-state index in [1.807, 2.05) is 18.2 Å². The van der Waals surface area contributed by atoms with Crippen LogP contribution in [0.15, 0.2) is 97.2 Å². The van der Waals surface area contributed by atoms with Gasteiger partial charge in [-0.25, -0.2) is 0 Å². The number of hydrogen-bond donors (Lipinski definition) is 6. The van der Waals surface area contributed by atoms with E-state index in [9.17, 15) is 35.1 Å². The first kappa shape index (κ1) is 69.6. The van der Waals surface area contributed by atoms with E-state index in [4.69, 9.17) is 14.2 Å². The predicted molar refractivity (Wildman–Crippen MR) is 310 cm³/mol. The zero-order valence-electron chi connectivity index (χ0n) is 47.4. The second-order valence-corrected chi connectivity index (χ2v) is 20.4. The minimum atomic E-state index is -1.63. The molecule has 8 atom stereocenters. The molecule has 0 aliphatic carbocycles. The van der Waals surface area contributed by atoms with Crippen molar-refractivity contribution in [2.24, 2.45) is 0 Å². The van der Waals surface area contributed by atoms with E-state index in [-0.39, 0.29) is 19.4 Å². The summed E-state index contributed by atoms with van der Waals surface area (Å²) in [6, 6.07) is -1.04. The van der Waals surface area contributed by atoms with Crippen LogP contribution in [0.1, 0.15) is 233 Å². The molecule has 0 aromatic carbocycles. The van der Waals surface area contributed by atoms with Gasteiger partial charge in [0.25, 0.3) is 0 Å². The molecule has 1 aliphatic rings. The van der Waals surface area contributed by atoms with Crippen molar-refractivity contribution in [2.75, 3.05) is 13.2 Å². The lowest BCUT2D eigenvalue weighted by Crippen LogP contribution is -2.61. The Bertz CT molecular complexity index is 1580. The molecule has 1 rings (SSSR count). The lowest BCUT2D eigenvalue weighted by molar-refractivity contribution is -0.305. The molecule has 0 aromatic heterocycles. The van der Waals surface area contributed by atoms with Crippen molar-refractivity contribution in [3.05, 3.63) is 97.2 Å². The van der Waals surface area contributed by atoms with E-state index in [2.05, 4.69) is 99.0 Å². The number of allylic oxidation sites excluding steroid dienone is 15. The van der Waals surface area contributed by atoms with E-state index >= 15 is 0 Å². The van der Waals surface area contributed by atoms with Crippen molar-refractivity contribution in [3.63, 3.8) is 0 Å². The van der Waals surface area contributed by atoms with Gasteiger partial charge in [0.15, 0.2) is 12.4 Å². The van der Waals surface area contributed by atoms with Crippen LogP contribution in [0.25, 0.3) is 0 Å². The molecule has 1 heterocycles. The number of aliphatic hydroxyl groups excluding tert-OH is 5. The van der Waals surface area contributed by atoms with Crippen LogP contribution < -0.4 is 5.32 Å². The summed E-state index contributed by atoms with van der Waals surface area (Å²) >= 11 is 0. The molecule has 75 heavy (non-hydrogen) atoms. The molecule has 0 spiro atoms. The van der Waals surface area contributed by atoms with Crippen LogP contribution in [0, 0.1) is 0 Å². The molecule has 0 radical (unpaired) electrons. The average molecular weight is 1050 g/mol. The van der Waals surface area contributed by atoms with E-state index in [0.29, 0.717) is 12.8 Å². The predicted octanol–water partition coefficient (Wildman–Crippen LogP) is 13.9. The van der Waals surface area contributed by atoms with Gasteiger partial charge in [-0.15, -0.1) is 0 Å². The van der Waals surface area contributed by atoms with Crippen molar-refractivity contribution >= 4 is 11.9 Å². The molecular weight excluding hydrogens is 943 g/mol. The first-order chi connectivity index (χ1) is 36.7. The Morgan fingerprint density at radius 3 is 1.57 bits per heavy atom. The third-order valence-corrected chi connectivity index (χ3v) is 13.5. The third kappa shape index (κ3) is 39.6. The smallest absolute Gasteiger partial charge is 0.306 e. The van der Waals surface area contributed by atoms with Crippen molar-refractivity contribution < 1.29 is 49.3 Å². The van der Waals surface area contributed by atoms with Crippen molar-refractivity contribution in [3.8, 4) is 0 Å². The number of carbonyl (C=O) groups excluding carboxylic acids is 2. The minimum Gasteiger partial charge on any atom is -0.454 e. The van der Waals surface area contributed by atoms with Gasteiger partial charge in [0.1, 0.15) is 24.4 Å². The number of nitrogens with one attached hydrogen (secondary N) is 1. The average Bonchev–Trinajstić information content (AvgIpc) is 3.41. The van der Waals surface area contributed by atoms with Crippen molar-refractivity contribution in [1.82, 2.24) is 5.32 Å². The number of ether oxygens (including phenoxy) is 3. The van der Waals surface area contributed by atoms with E-state index in [1.165, 1.54) is 64.2 Å². The zero-order valence-corrected chi connectivity index (χ0v) is 47.4. The van der Waals surface area contributed by atoms with Crippen LogP contribution in [-0.4, -0.2) is 99.6 Å². The number of amides is 1. The van der Waals surface area contributed by atoms with Gasteiger partial charge in [-0.05, 0) is 89.9 Å². The Hall–Kier alpha value is -3.42. The van der Waals surface area contributed by atoms with Gasteiger partial charge < -0.3 is 45.1 Å². The van der Waals surface area contributed by atoms with Gasteiger partial charge >= 0.3 is 5.97 Å². The van der Waals surface area contributed by atoms with Crippen LogP contribution in [0.2, 0.25) is 0 Å². The number of carbonyl (C=O) groups is 2. The van der Waals surface area contributed by atoms with Crippen LogP contribution >= 0.6 is 0 Å². The van der Waals surface area contributed by atoms with Crippen LogP contribution in [-0.2, 0) is 23.8 Å². The first-order valence-electron chi connectivity index (χ1n) is 30.0. The maximum atomic E-state index is 13.4. The van der Waals surface area contributed by atoms with E-state index < -0.39 is 67.4 Å². The van der Waals surface area contributed by atoms with E-state index in [0.717, 1.165) is 122 Å². The summed E-state index contributed by atoms with van der Waals surface area (Å²) in [6.07, 6.45) is 57.3. The molecule has 1 saturated heterocycles. The molecule has 0 saturated carbocycles. The highest BCUT2D eigenvalue weighted by Gasteiger charge is 2.47. The lowest BCUT2D eigenvalue weighted by Gasteiger charge is -2.41. The van der Waals surface area contributed by atoms with Crippen molar-refractivity contribution in [2.45, 2.75) is 282 Å². The van der Waals surface area contributed by atoms with Gasteiger partial charge in [-0.1, -0.05) is 234 Å². The Morgan fingerprint density at radius 1 is 0.547 bits per heavy atom. The van der Waals surface area contributed by atoms with Gasteiger partial charge in [-0.3, -0.25) is 9.59 Å². The van der Waals surface area contributed by atoms with Gasteiger partial charge in [0.05, 0.1) is 25.4 Å². The van der Waals surface area contributed by atoms with Crippen molar-refractivity contribution in [1.29, 1.82) is 0 Å². The highest BCUT2D eigenvalue weighted by atomic mass is 16.7. The summed E-state index contributed by atoms with van der Waals surface area (Å²) < 4.78 is 17.6. The number of unbranched alkanes of at least 4 members (excludes halogenated alkanes) is 23. The third-order valence-electron chi connectivity index (χ3n) is 13.5. The Balaban J connectivity index is 2.69. The Kier molecular flexibility index (Phi) is 47.6.